The molecule has 0 saturated heterocycles. The maximum atomic E-state index is 11.3. The third-order valence-electron chi connectivity index (χ3n) is 2.12. The van der Waals surface area contributed by atoms with Crippen molar-refractivity contribution in [1.82, 2.24) is 19.7 Å². The molecule has 2 aromatic heterocycles. The zero-order chi connectivity index (χ0) is 12.4. The summed E-state index contributed by atoms with van der Waals surface area (Å²) < 4.78 is 12.9. The lowest BCUT2D eigenvalue weighted by molar-refractivity contribution is 0.592. The molecule has 0 aromatic carbocycles. The Bertz CT molecular complexity index is 587. The summed E-state index contributed by atoms with van der Waals surface area (Å²) in [4.78, 5) is 8.02. The van der Waals surface area contributed by atoms with Crippen LogP contribution in [0.4, 0.5) is 0 Å². The standard InChI is InChI=1S/C10H9N5OS/c1-15-6-8(5-13-15)9-7(3-11)4-12-10(14-9)17(2)16/h4-6H,1-2H3. The normalized spacial score (nSPS) is 12.1. The lowest BCUT2D eigenvalue weighted by Gasteiger charge is -2.04. The summed E-state index contributed by atoms with van der Waals surface area (Å²) >= 11 is -1.28. The number of hydrogen-bond donors (Lipinski definition) is 0. The third-order valence-corrected chi connectivity index (χ3v) is 2.83. The Morgan fingerprint density at radius 2 is 2.24 bits per heavy atom. The summed E-state index contributed by atoms with van der Waals surface area (Å²) in [6.45, 7) is 0. The van der Waals surface area contributed by atoms with E-state index in [-0.39, 0.29) is 5.16 Å². The zero-order valence-electron chi connectivity index (χ0n) is 9.28. The van der Waals surface area contributed by atoms with Gasteiger partial charge in [-0.05, 0) is 0 Å². The molecular weight excluding hydrogens is 238 g/mol. The Kier molecular flexibility index (Phi) is 3.08. The monoisotopic (exact) mass is 247 g/mol. The highest BCUT2D eigenvalue weighted by molar-refractivity contribution is 7.90. The molecule has 6 nitrogen and oxygen atoms in total. The predicted molar refractivity (Wildman–Crippen MR) is 61.3 cm³/mol. The first kappa shape index (κ1) is 11.6. The Hall–Kier alpha value is -1.91. The van der Waals surface area contributed by atoms with E-state index >= 15 is 0 Å². The minimum atomic E-state index is -1.28. The Morgan fingerprint density at radius 1 is 1.47 bits per heavy atom. The third kappa shape index (κ3) is 2.27. The van der Waals surface area contributed by atoms with E-state index in [1.54, 1.807) is 24.1 Å². The maximum Gasteiger partial charge on any atom is 0.343 e. The van der Waals surface area contributed by atoms with Gasteiger partial charge in [-0.1, -0.05) is 0 Å². The molecule has 0 spiro atoms. The van der Waals surface area contributed by atoms with E-state index in [1.165, 1.54) is 12.5 Å². The number of aryl methyl sites for hydroxylation is 1. The Labute approximate surface area is 101 Å². The second-order valence-electron chi connectivity index (χ2n) is 3.38. The van der Waals surface area contributed by atoms with Crippen molar-refractivity contribution in [3.8, 4) is 17.3 Å². The second-order valence-corrected chi connectivity index (χ2v) is 4.66. The van der Waals surface area contributed by atoms with E-state index in [1.807, 2.05) is 6.07 Å². The van der Waals surface area contributed by atoms with Gasteiger partial charge in [0.05, 0.1) is 23.7 Å². The summed E-state index contributed by atoms with van der Waals surface area (Å²) in [7, 11) is 1.77. The highest BCUT2D eigenvalue weighted by Crippen LogP contribution is 2.20. The average molecular weight is 247 g/mol. The molecule has 7 heteroatoms. The van der Waals surface area contributed by atoms with Gasteiger partial charge in [-0.2, -0.15) is 20.3 Å². The molecule has 0 N–H and O–H groups in total. The molecule has 0 fully saturated rings. The highest BCUT2D eigenvalue weighted by Gasteiger charge is 2.15. The molecule has 0 saturated carbocycles. The van der Waals surface area contributed by atoms with Crippen LogP contribution >= 0.6 is 0 Å². The Balaban J connectivity index is 2.58. The van der Waals surface area contributed by atoms with Gasteiger partial charge >= 0.3 is 5.16 Å². The van der Waals surface area contributed by atoms with Crippen molar-refractivity contribution in [2.45, 2.75) is 5.16 Å². The average Bonchev–Trinajstić information content (AvgIpc) is 2.74. The fourth-order valence-electron chi connectivity index (χ4n) is 1.35. The van der Waals surface area contributed by atoms with Crippen LogP contribution in [-0.4, -0.2) is 30.6 Å². The molecule has 0 aliphatic heterocycles. The fourth-order valence-corrected chi connectivity index (χ4v) is 1.77. The highest BCUT2D eigenvalue weighted by atomic mass is 32.2. The van der Waals surface area contributed by atoms with Crippen LogP contribution in [0.5, 0.6) is 0 Å². The molecular formula is C10H9N5OS. The maximum absolute atomic E-state index is 11.3. The van der Waals surface area contributed by atoms with E-state index in [9.17, 15) is 4.55 Å². The van der Waals surface area contributed by atoms with E-state index in [0.29, 0.717) is 16.8 Å². The SMILES string of the molecule is Cn1cc(-c2nc([S+](C)[O-])ncc2C#N)cn1. The predicted octanol–water partition coefficient (Wildman–Crippen LogP) is 0.486. The van der Waals surface area contributed by atoms with Gasteiger partial charge in [-0.3, -0.25) is 4.68 Å². The molecule has 0 radical (unpaired) electrons. The van der Waals surface area contributed by atoms with E-state index in [0.717, 1.165) is 0 Å². The van der Waals surface area contributed by atoms with Crippen molar-refractivity contribution in [1.29, 1.82) is 5.26 Å². The molecule has 17 heavy (non-hydrogen) atoms. The molecule has 2 rings (SSSR count). The number of hydrogen-bond acceptors (Lipinski definition) is 5. The smallest absolute Gasteiger partial charge is 0.343 e. The topological polar surface area (TPSA) is 90.5 Å². The second kappa shape index (κ2) is 4.53. The van der Waals surface area contributed by atoms with Crippen molar-refractivity contribution >= 4 is 11.2 Å². The number of rotatable bonds is 2. The number of nitriles is 1. The largest absolute Gasteiger partial charge is 0.609 e. The zero-order valence-corrected chi connectivity index (χ0v) is 10.1. The molecule has 2 aromatic rings. The molecule has 1 unspecified atom stereocenters. The molecule has 1 atom stereocenters. The van der Waals surface area contributed by atoms with Crippen LogP contribution in [0.15, 0.2) is 23.7 Å². The molecule has 0 bridgehead atoms. The first-order chi connectivity index (χ1) is 8.11. The number of nitrogens with zero attached hydrogens (tertiary/aromatic N) is 5. The minimum absolute atomic E-state index is 0.211. The minimum Gasteiger partial charge on any atom is -0.609 e. The first-order valence-electron chi connectivity index (χ1n) is 4.71. The van der Waals surface area contributed by atoms with Crippen LogP contribution in [0.25, 0.3) is 11.3 Å². The van der Waals surface area contributed by atoms with Gasteiger partial charge in [0.25, 0.3) is 0 Å². The van der Waals surface area contributed by atoms with Gasteiger partial charge in [0.15, 0.2) is 0 Å². The lowest BCUT2D eigenvalue weighted by atomic mass is 10.1. The summed E-state index contributed by atoms with van der Waals surface area (Å²) in [6.07, 6.45) is 6.22. The van der Waals surface area contributed by atoms with Gasteiger partial charge in [0, 0.05) is 30.0 Å². The van der Waals surface area contributed by atoms with E-state index < -0.39 is 11.2 Å². The van der Waals surface area contributed by atoms with Crippen LogP contribution in [0.3, 0.4) is 0 Å². The van der Waals surface area contributed by atoms with Crippen molar-refractivity contribution < 1.29 is 4.55 Å². The van der Waals surface area contributed by atoms with Crippen LogP contribution in [-0.2, 0) is 18.2 Å². The lowest BCUT2D eigenvalue weighted by Crippen LogP contribution is -2.05. The van der Waals surface area contributed by atoms with E-state index in [2.05, 4.69) is 15.1 Å². The van der Waals surface area contributed by atoms with Gasteiger partial charge in [-0.15, -0.1) is 0 Å². The van der Waals surface area contributed by atoms with E-state index in [4.69, 9.17) is 5.26 Å². The summed E-state index contributed by atoms with van der Waals surface area (Å²) in [5, 5.41) is 13.2. The van der Waals surface area contributed by atoms with Gasteiger partial charge in [0.1, 0.15) is 12.3 Å². The van der Waals surface area contributed by atoms with Crippen LogP contribution < -0.4 is 0 Å². The van der Waals surface area contributed by atoms with Crippen molar-refractivity contribution in [2.24, 2.45) is 7.05 Å². The molecule has 2 heterocycles. The molecule has 86 valence electrons. The number of aromatic nitrogens is 4. The van der Waals surface area contributed by atoms with Crippen LogP contribution in [0, 0.1) is 11.3 Å². The first-order valence-corrected chi connectivity index (χ1v) is 6.27. The van der Waals surface area contributed by atoms with Gasteiger partial charge < -0.3 is 4.55 Å². The van der Waals surface area contributed by atoms with Crippen molar-refractivity contribution in [2.75, 3.05) is 6.26 Å². The summed E-state index contributed by atoms with van der Waals surface area (Å²) in [5.74, 6) is 0. The molecule has 0 aliphatic carbocycles. The van der Waals surface area contributed by atoms with Crippen LogP contribution in [0.2, 0.25) is 0 Å². The fraction of sp³-hybridized carbons (Fsp3) is 0.200. The Morgan fingerprint density at radius 3 is 2.76 bits per heavy atom. The van der Waals surface area contributed by atoms with Gasteiger partial charge in [0.2, 0.25) is 0 Å². The quantitative estimate of drug-likeness (QED) is 0.569. The van der Waals surface area contributed by atoms with Crippen molar-refractivity contribution in [3.63, 3.8) is 0 Å². The van der Waals surface area contributed by atoms with Crippen molar-refractivity contribution in [3.05, 3.63) is 24.2 Å². The summed E-state index contributed by atoms with van der Waals surface area (Å²) in [5.41, 5.74) is 1.51. The summed E-state index contributed by atoms with van der Waals surface area (Å²) in [6, 6.07) is 2.01. The van der Waals surface area contributed by atoms with Crippen LogP contribution in [0.1, 0.15) is 5.56 Å². The molecule has 0 amide bonds. The molecule has 0 aliphatic rings. The van der Waals surface area contributed by atoms with Gasteiger partial charge in [-0.25, -0.2) is 0 Å².